The van der Waals surface area contributed by atoms with E-state index in [0.717, 1.165) is 65.1 Å². The van der Waals surface area contributed by atoms with Gasteiger partial charge < -0.3 is 15.0 Å². The van der Waals surface area contributed by atoms with Crippen LogP contribution in [0.5, 0.6) is 5.75 Å². The summed E-state index contributed by atoms with van der Waals surface area (Å²) in [5, 5.41) is 3.08. The Morgan fingerprint density at radius 3 is 2.69 bits per heavy atom. The third kappa shape index (κ3) is 5.91. The fourth-order valence-electron chi connectivity index (χ4n) is 4.75. The molecule has 1 aromatic heterocycles. The number of nitrogens with zero attached hydrogens (tertiary/aromatic N) is 2. The third-order valence-electron chi connectivity index (χ3n) is 6.55. The van der Waals surface area contributed by atoms with Gasteiger partial charge in [-0.1, -0.05) is 49.4 Å². The Morgan fingerprint density at radius 2 is 1.97 bits per heavy atom. The molecule has 0 bridgehead atoms. The Balaban J connectivity index is 1.62. The molecular weight excluding hydrogens is 434 g/mol. The highest BCUT2D eigenvalue weighted by atomic mass is 16.5. The summed E-state index contributed by atoms with van der Waals surface area (Å²) in [4.78, 5) is 20.5. The van der Waals surface area contributed by atoms with Crippen molar-refractivity contribution in [3.05, 3.63) is 101 Å². The smallest absolute Gasteiger partial charge is 0.234 e. The van der Waals surface area contributed by atoms with E-state index in [1.165, 1.54) is 0 Å². The number of fused-ring (bicyclic) bond motifs is 1. The molecule has 3 aromatic rings. The van der Waals surface area contributed by atoms with Crippen LogP contribution in [0.4, 0.5) is 5.69 Å². The normalized spacial score (nSPS) is 15.3. The summed E-state index contributed by atoms with van der Waals surface area (Å²) in [6.07, 6.45) is 7.36. The maximum Gasteiger partial charge on any atom is 0.234 e. The van der Waals surface area contributed by atoms with Gasteiger partial charge in [-0.05, 0) is 79.3 Å². The molecule has 0 spiro atoms. The quantitative estimate of drug-likeness (QED) is 0.430. The highest BCUT2D eigenvalue weighted by molar-refractivity contribution is 5.98. The van der Waals surface area contributed by atoms with Crippen LogP contribution in [0.25, 0.3) is 0 Å². The van der Waals surface area contributed by atoms with Crippen LogP contribution in [0.15, 0.2) is 78.6 Å². The first-order valence-corrected chi connectivity index (χ1v) is 12.5. The lowest BCUT2D eigenvalue weighted by atomic mass is 9.81. The molecule has 1 atom stereocenters. The highest BCUT2D eigenvalue weighted by Gasteiger charge is 2.32. The minimum atomic E-state index is -0.202. The second-order valence-corrected chi connectivity index (χ2v) is 9.11. The number of ether oxygens (including phenoxy) is 1. The van der Waals surface area contributed by atoms with Crippen LogP contribution in [0.1, 0.15) is 55.0 Å². The van der Waals surface area contributed by atoms with Crippen molar-refractivity contribution >= 4 is 11.6 Å². The molecule has 0 radical (unpaired) electrons. The third-order valence-corrected chi connectivity index (χ3v) is 6.55. The minimum absolute atomic E-state index is 0.112. The molecular formula is C30H35N3O2. The van der Waals surface area contributed by atoms with Gasteiger partial charge in [-0.3, -0.25) is 9.78 Å². The van der Waals surface area contributed by atoms with Crippen LogP contribution in [0.2, 0.25) is 0 Å². The van der Waals surface area contributed by atoms with E-state index in [9.17, 15) is 4.79 Å². The van der Waals surface area contributed by atoms with E-state index < -0.39 is 0 Å². The fourth-order valence-corrected chi connectivity index (χ4v) is 4.75. The van der Waals surface area contributed by atoms with Gasteiger partial charge in [-0.15, -0.1) is 0 Å². The summed E-state index contributed by atoms with van der Waals surface area (Å²) in [6, 6.07) is 20.4. The van der Waals surface area contributed by atoms with Gasteiger partial charge in [0.1, 0.15) is 12.4 Å². The number of nitrogens with one attached hydrogen (secondary N) is 1. The molecule has 1 aliphatic carbocycles. The highest BCUT2D eigenvalue weighted by Crippen LogP contribution is 2.38. The average Bonchev–Trinajstić information content (AvgIpc) is 2.90. The molecule has 1 amide bonds. The standard InChI is InChI=1S/C30H35N3O2/c1-4-24-16-17-25(19-32-24)33(20-22(2)18-31-3)30(34)28-14-8-13-27-26(28)12-9-15-29(27)35-21-23-10-6-5-7-11-23/h5-7,9-12,15-19,28,31H,4,8,13-14,20-21H2,1-3H3/b22-18+. The van der Waals surface area contributed by atoms with Gasteiger partial charge in [0.05, 0.1) is 17.8 Å². The number of carbonyl (C=O) groups excluding carboxylic acids is 1. The van der Waals surface area contributed by atoms with E-state index in [0.29, 0.717) is 13.2 Å². The SMILES string of the molecule is CCc1ccc(N(C/C(C)=C/NC)C(=O)C2CCCc3c(OCc4ccccc4)cccc32)cn1. The average molecular weight is 470 g/mol. The molecule has 0 fully saturated rings. The second-order valence-electron chi connectivity index (χ2n) is 9.11. The molecule has 1 N–H and O–H groups in total. The topological polar surface area (TPSA) is 54.5 Å². The van der Waals surface area contributed by atoms with Gasteiger partial charge >= 0.3 is 0 Å². The van der Waals surface area contributed by atoms with E-state index >= 15 is 0 Å². The molecule has 0 saturated carbocycles. The first-order valence-electron chi connectivity index (χ1n) is 12.5. The lowest BCUT2D eigenvalue weighted by molar-refractivity contribution is -0.120. The number of aromatic nitrogens is 1. The summed E-state index contributed by atoms with van der Waals surface area (Å²) in [5.74, 6) is 0.795. The Bertz CT molecular complexity index is 1160. The predicted octanol–water partition coefficient (Wildman–Crippen LogP) is 5.80. The van der Waals surface area contributed by atoms with Gasteiger partial charge in [0.15, 0.2) is 0 Å². The lowest BCUT2D eigenvalue weighted by Gasteiger charge is -2.32. The van der Waals surface area contributed by atoms with Crippen molar-refractivity contribution in [2.24, 2.45) is 0 Å². The Hall–Kier alpha value is -3.60. The van der Waals surface area contributed by atoms with Crippen molar-refractivity contribution in [3.8, 4) is 5.75 Å². The molecule has 0 aliphatic heterocycles. The van der Waals surface area contributed by atoms with Gasteiger partial charge in [-0.25, -0.2) is 0 Å². The first-order chi connectivity index (χ1) is 17.1. The largest absolute Gasteiger partial charge is 0.489 e. The zero-order valence-electron chi connectivity index (χ0n) is 21.0. The number of benzene rings is 2. The molecule has 1 unspecified atom stereocenters. The fraction of sp³-hybridized carbons (Fsp3) is 0.333. The lowest BCUT2D eigenvalue weighted by Crippen LogP contribution is -2.38. The zero-order chi connectivity index (χ0) is 24.6. The monoisotopic (exact) mass is 469 g/mol. The van der Waals surface area contributed by atoms with Crippen molar-refractivity contribution in [2.45, 2.75) is 52.1 Å². The minimum Gasteiger partial charge on any atom is -0.489 e. The molecule has 5 nitrogen and oxygen atoms in total. The zero-order valence-corrected chi connectivity index (χ0v) is 21.0. The van der Waals surface area contributed by atoms with Crippen LogP contribution >= 0.6 is 0 Å². The van der Waals surface area contributed by atoms with E-state index in [1.807, 2.05) is 73.7 Å². The van der Waals surface area contributed by atoms with Gasteiger partial charge in [0, 0.05) is 19.3 Å². The van der Waals surface area contributed by atoms with Gasteiger partial charge in [0.2, 0.25) is 5.91 Å². The summed E-state index contributed by atoms with van der Waals surface area (Å²) in [6.45, 7) is 5.16. The number of rotatable bonds is 9. The molecule has 0 saturated heterocycles. The molecule has 182 valence electrons. The molecule has 2 aromatic carbocycles. The van der Waals surface area contributed by atoms with Crippen LogP contribution in [-0.4, -0.2) is 24.5 Å². The van der Waals surface area contributed by atoms with Gasteiger partial charge in [-0.2, -0.15) is 0 Å². The van der Waals surface area contributed by atoms with Gasteiger partial charge in [0.25, 0.3) is 0 Å². The number of carbonyl (C=O) groups is 1. The number of hydrogen-bond donors (Lipinski definition) is 1. The van der Waals surface area contributed by atoms with Crippen molar-refractivity contribution < 1.29 is 9.53 Å². The number of amides is 1. The predicted molar refractivity (Wildman–Crippen MR) is 142 cm³/mol. The Kier molecular flexibility index (Phi) is 8.19. The summed E-state index contributed by atoms with van der Waals surface area (Å²) in [7, 11) is 1.88. The van der Waals surface area contributed by atoms with Crippen molar-refractivity contribution in [2.75, 3.05) is 18.5 Å². The van der Waals surface area contributed by atoms with Crippen LogP contribution in [0.3, 0.4) is 0 Å². The van der Waals surface area contributed by atoms with E-state index in [4.69, 9.17) is 4.74 Å². The summed E-state index contributed by atoms with van der Waals surface area (Å²) < 4.78 is 6.23. The van der Waals surface area contributed by atoms with Crippen molar-refractivity contribution in [3.63, 3.8) is 0 Å². The van der Waals surface area contributed by atoms with Crippen molar-refractivity contribution in [1.82, 2.24) is 10.3 Å². The molecule has 5 heteroatoms. The van der Waals surface area contributed by atoms with E-state index in [-0.39, 0.29) is 11.8 Å². The maximum absolute atomic E-state index is 14.1. The number of pyridine rings is 1. The molecule has 1 aliphatic rings. The van der Waals surface area contributed by atoms with Crippen LogP contribution < -0.4 is 15.0 Å². The second kappa shape index (κ2) is 11.7. The van der Waals surface area contributed by atoms with Crippen LogP contribution in [-0.2, 0) is 24.2 Å². The summed E-state index contributed by atoms with van der Waals surface area (Å²) in [5.41, 5.74) is 6.32. The first kappa shape index (κ1) is 24.5. The molecule has 35 heavy (non-hydrogen) atoms. The number of hydrogen-bond acceptors (Lipinski definition) is 4. The number of aryl methyl sites for hydroxylation is 1. The van der Waals surface area contributed by atoms with Crippen molar-refractivity contribution in [1.29, 1.82) is 0 Å². The summed E-state index contributed by atoms with van der Waals surface area (Å²) >= 11 is 0. The van der Waals surface area contributed by atoms with E-state index in [2.05, 4.69) is 35.4 Å². The van der Waals surface area contributed by atoms with E-state index in [1.54, 1.807) is 0 Å². The van der Waals surface area contributed by atoms with Crippen LogP contribution in [0, 0.1) is 0 Å². The molecule has 4 rings (SSSR count). The Labute approximate surface area is 208 Å². The molecule has 1 heterocycles. The Morgan fingerprint density at radius 1 is 1.14 bits per heavy atom. The number of anilines is 1. The maximum atomic E-state index is 14.1.